The summed E-state index contributed by atoms with van der Waals surface area (Å²) in [5.41, 5.74) is 0.182. The Labute approximate surface area is 238 Å². The highest BCUT2D eigenvalue weighted by Gasteiger charge is 2.55. The second-order valence-corrected chi connectivity index (χ2v) is 10.7. The molecule has 11 heteroatoms. The van der Waals surface area contributed by atoms with Gasteiger partial charge in [0.2, 0.25) is 17.7 Å². The van der Waals surface area contributed by atoms with Gasteiger partial charge in [-0.2, -0.15) is 0 Å². The monoisotopic (exact) mass is 571 g/mol. The normalized spacial score (nSPS) is 22.7. The molecule has 1 spiro atoms. The lowest BCUT2D eigenvalue weighted by Crippen LogP contribution is -2.75. The molecule has 1 aliphatic carbocycles. The summed E-state index contributed by atoms with van der Waals surface area (Å²) in [6.45, 7) is 6.15. The van der Waals surface area contributed by atoms with Gasteiger partial charge in [-0.1, -0.05) is 38.7 Å². The van der Waals surface area contributed by atoms with Crippen LogP contribution in [0, 0.1) is 5.92 Å². The van der Waals surface area contributed by atoms with E-state index in [2.05, 4.69) is 27.4 Å². The predicted octanol–water partition coefficient (Wildman–Crippen LogP) is 3.29. The number of pyridine rings is 1. The van der Waals surface area contributed by atoms with Crippen molar-refractivity contribution in [3.8, 4) is 0 Å². The van der Waals surface area contributed by atoms with Gasteiger partial charge in [0.05, 0.1) is 6.10 Å². The van der Waals surface area contributed by atoms with Crippen molar-refractivity contribution in [2.24, 2.45) is 5.92 Å². The van der Waals surface area contributed by atoms with E-state index >= 15 is 0 Å². The highest BCUT2D eigenvalue weighted by Crippen LogP contribution is 2.36. The van der Waals surface area contributed by atoms with Crippen LogP contribution < -0.4 is 10.6 Å². The van der Waals surface area contributed by atoms with E-state index < -0.39 is 17.7 Å². The Morgan fingerprint density at radius 2 is 1.87 bits per heavy atom. The highest BCUT2D eigenvalue weighted by atomic mass is 35.5. The van der Waals surface area contributed by atoms with Crippen LogP contribution in [0.2, 0.25) is 0 Å². The summed E-state index contributed by atoms with van der Waals surface area (Å²) in [5.74, 6) is 0.213. The first-order chi connectivity index (χ1) is 17.3. The van der Waals surface area contributed by atoms with E-state index in [1.165, 1.54) is 13.3 Å². The molecule has 1 saturated carbocycles. The Bertz CT molecular complexity index is 934. The van der Waals surface area contributed by atoms with Crippen molar-refractivity contribution >= 4 is 48.4 Å². The molecule has 0 bridgehead atoms. The fraction of sp³-hybridized carbons (Fsp3) is 0.704. The molecule has 3 heterocycles. The Balaban J connectivity index is 0.00000253. The molecule has 0 radical (unpaired) electrons. The molecule has 0 unspecified atom stereocenters. The second kappa shape index (κ2) is 14.4. The van der Waals surface area contributed by atoms with E-state index in [-0.39, 0.29) is 48.5 Å². The molecule has 3 fully saturated rings. The molecule has 2 atom stereocenters. The first-order valence-corrected chi connectivity index (χ1v) is 13.6. The van der Waals surface area contributed by atoms with Gasteiger partial charge >= 0.3 is 0 Å². The lowest BCUT2D eigenvalue weighted by atomic mass is 9.78. The van der Waals surface area contributed by atoms with Crippen LogP contribution in [0.4, 0.5) is 5.82 Å². The molecule has 1 aromatic rings. The maximum absolute atomic E-state index is 13.7. The Kier molecular flexibility index (Phi) is 12.3. The zero-order chi connectivity index (χ0) is 25.7. The zero-order valence-corrected chi connectivity index (χ0v) is 24.1. The van der Waals surface area contributed by atoms with Crippen LogP contribution in [0.1, 0.15) is 77.2 Å². The third-order valence-electron chi connectivity index (χ3n) is 8.19. The van der Waals surface area contributed by atoms with Crippen LogP contribution >= 0.6 is 24.8 Å². The van der Waals surface area contributed by atoms with Crippen molar-refractivity contribution in [1.82, 2.24) is 20.1 Å². The van der Waals surface area contributed by atoms with Gasteiger partial charge in [-0.05, 0) is 49.7 Å². The van der Waals surface area contributed by atoms with Crippen molar-refractivity contribution in [1.29, 1.82) is 0 Å². The summed E-state index contributed by atoms with van der Waals surface area (Å²) in [7, 11) is 0. The number of aliphatic hydroxyl groups is 1. The highest BCUT2D eigenvalue weighted by molar-refractivity contribution is 6.00. The molecule has 38 heavy (non-hydrogen) atoms. The van der Waals surface area contributed by atoms with Gasteiger partial charge in [-0.25, -0.2) is 4.98 Å². The van der Waals surface area contributed by atoms with Crippen molar-refractivity contribution in [2.45, 2.75) is 95.9 Å². The van der Waals surface area contributed by atoms with E-state index in [1.54, 1.807) is 12.3 Å². The lowest BCUT2D eigenvalue weighted by Gasteiger charge is -2.52. The molecule has 1 aromatic heterocycles. The third-order valence-corrected chi connectivity index (χ3v) is 8.19. The maximum Gasteiger partial charge on any atom is 0.248 e. The van der Waals surface area contributed by atoms with E-state index in [9.17, 15) is 19.5 Å². The average Bonchev–Trinajstić information content (AvgIpc) is 2.88. The van der Waals surface area contributed by atoms with Crippen LogP contribution in [0.5, 0.6) is 0 Å². The summed E-state index contributed by atoms with van der Waals surface area (Å²) >= 11 is 0. The molecule has 214 valence electrons. The molecule has 3 amide bonds. The summed E-state index contributed by atoms with van der Waals surface area (Å²) in [6.07, 6.45) is 8.99. The standard InChI is InChI=1S/C27H41N5O4.2ClH/c1-3-4-14-32-25(35)23(24(34)21-8-6-5-7-9-21)30-26(36)27(32)12-15-31(16-13-27)18-20-10-11-22(28-17-20)29-19(2)33;;/h10-11,17,21,23-24,34H,3-9,12-16,18H2,1-2H3,(H,30,36)(H,28,29,33);2*1H/t23-,24-;;/m1../s1. The number of hydrogen-bond acceptors (Lipinski definition) is 6. The van der Waals surface area contributed by atoms with Gasteiger partial charge < -0.3 is 20.6 Å². The third kappa shape index (κ3) is 7.17. The number of piperidine rings is 1. The number of anilines is 1. The molecular formula is C27H43Cl2N5O4. The van der Waals surface area contributed by atoms with Gasteiger partial charge in [0, 0.05) is 39.3 Å². The van der Waals surface area contributed by atoms with Gasteiger partial charge in [-0.15, -0.1) is 24.8 Å². The average molecular weight is 573 g/mol. The second-order valence-electron chi connectivity index (χ2n) is 10.7. The lowest BCUT2D eigenvalue weighted by molar-refractivity contribution is -0.166. The molecule has 9 nitrogen and oxygen atoms in total. The first kappa shape index (κ1) is 32.3. The smallest absolute Gasteiger partial charge is 0.248 e. The number of unbranched alkanes of at least 4 members (excludes halogenated alkanes) is 1. The molecule has 3 N–H and O–H groups in total. The molecule has 2 aliphatic heterocycles. The van der Waals surface area contributed by atoms with Crippen molar-refractivity contribution in [2.75, 3.05) is 25.0 Å². The number of hydrogen-bond donors (Lipinski definition) is 3. The summed E-state index contributed by atoms with van der Waals surface area (Å²) in [5, 5.41) is 16.7. The number of nitrogens with one attached hydrogen (secondary N) is 2. The number of likely N-dealkylation sites (tertiary alicyclic amines) is 1. The number of carbonyl (C=O) groups excluding carboxylic acids is 3. The summed E-state index contributed by atoms with van der Waals surface area (Å²) < 4.78 is 0. The number of piperazine rings is 1. The Hall–Kier alpha value is -1.94. The SMILES string of the molecule is CCCCN1C(=O)[C@@H]([C@H](O)C2CCCCC2)NC(=O)C12CCN(Cc1ccc(NC(C)=O)nc1)CC2.Cl.Cl. The maximum atomic E-state index is 13.7. The van der Waals surface area contributed by atoms with Crippen molar-refractivity contribution in [3.05, 3.63) is 23.9 Å². The number of rotatable bonds is 8. The first-order valence-electron chi connectivity index (χ1n) is 13.6. The quantitative estimate of drug-likeness (QED) is 0.441. The minimum absolute atomic E-state index is 0. The van der Waals surface area contributed by atoms with Gasteiger partial charge in [0.25, 0.3) is 0 Å². The van der Waals surface area contributed by atoms with Crippen LogP contribution in [0.15, 0.2) is 18.3 Å². The van der Waals surface area contributed by atoms with Crippen LogP contribution in [-0.2, 0) is 20.9 Å². The Morgan fingerprint density at radius 1 is 1.18 bits per heavy atom. The van der Waals surface area contributed by atoms with Crippen LogP contribution in [0.25, 0.3) is 0 Å². The largest absolute Gasteiger partial charge is 0.390 e. The number of aromatic nitrogens is 1. The Morgan fingerprint density at radius 3 is 2.45 bits per heavy atom. The predicted molar refractivity (Wildman–Crippen MR) is 151 cm³/mol. The fourth-order valence-corrected chi connectivity index (χ4v) is 6.07. The van der Waals surface area contributed by atoms with E-state index in [1.807, 2.05) is 11.0 Å². The molecular weight excluding hydrogens is 529 g/mol. The zero-order valence-electron chi connectivity index (χ0n) is 22.5. The number of carbonyl (C=O) groups is 3. The van der Waals surface area contributed by atoms with Crippen LogP contribution in [-0.4, -0.2) is 74.9 Å². The number of nitrogens with zero attached hydrogens (tertiary/aromatic N) is 3. The molecule has 3 aliphatic rings. The number of aliphatic hydroxyl groups excluding tert-OH is 1. The fourth-order valence-electron chi connectivity index (χ4n) is 6.07. The number of amides is 3. The molecule has 0 aromatic carbocycles. The van der Waals surface area contributed by atoms with E-state index in [0.29, 0.717) is 44.8 Å². The van der Waals surface area contributed by atoms with E-state index in [4.69, 9.17) is 0 Å². The molecule has 4 rings (SSSR count). The number of halogens is 2. The van der Waals surface area contributed by atoms with E-state index in [0.717, 1.165) is 44.1 Å². The summed E-state index contributed by atoms with van der Waals surface area (Å²) in [6, 6.07) is 2.90. The topological polar surface area (TPSA) is 115 Å². The van der Waals surface area contributed by atoms with Crippen LogP contribution in [0.3, 0.4) is 0 Å². The van der Waals surface area contributed by atoms with Crippen molar-refractivity contribution in [3.63, 3.8) is 0 Å². The van der Waals surface area contributed by atoms with Gasteiger partial charge in [0.15, 0.2) is 0 Å². The minimum Gasteiger partial charge on any atom is -0.390 e. The van der Waals surface area contributed by atoms with Gasteiger partial charge in [-0.3, -0.25) is 19.3 Å². The van der Waals surface area contributed by atoms with Gasteiger partial charge in [0.1, 0.15) is 17.4 Å². The van der Waals surface area contributed by atoms with Crippen molar-refractivity contribution < 1.29 is 19.5 Å². The minimum atomic E-state index is -0.848. The summed E-state index contributed by atoms with van der Waals surface area (Å²) in [4.78, 5) is 46.9. The molecule has 2 saturated heterocycles.